The molecule has 2 fully saturated rings. The van der Waals surface area contributed by atoms with Gasteiger partial charge in [-0.25, -0.2) is 10.0 Å². The first-order valence-electron chi connectivity index (χ1n) is 9.16. The molecule has 2 saturated heterocycles. The molecule has 1 aromatic heterocycles. The van der Waals surface area contributed by atoms with E-state index in [9.17, 15) is 9.59 Å². The van der Waals surface area contributed by atoms with Gasteiger partial charge < -0.3 is 14.9 Å². The van der Waals surface area contributed by atoms with Crippen molar-refractivity contribution in [1.29, 1.82) is 0 Å². The van der Waals surface area contributed by atoms with Gasteiger partial charge in [-0.15, -0.1) is 0 Å². The van der Waals surface area contributed by atoms with Crippen LogP contribution in [0.4, 0.5) is 5.69 Å². The summed E-state index contributed by atoms with van der Waals surface area (Å²) < 4.78 is 0. The number of carboxylic acid groups (broad SMARTS) is 1. The molecule has 26 heavy (non-hydrogen) atoms. The molecular formula is C18H27N5O3. The number of hydrogen-bond acceptors (Lipinski definition) is 6. The number of carboxylic acids is 1. The summed E-state index contributed by atoms with van der Waals surface area (Å²) in [4.78, 5) is 32.0. The molecule has 8 nitrogen and oxygen atoms in total. The van der Waals surface area contributed by atoms with Crippen LogP contribution in [0, 0.1) is 5.92 Å². The summed E-state index contributed by atoms with van der Waals surface area (Å²) in [7, 11) is 1.79. The Morgan fingerprint density at radius 2 is 1.73 bits per heavy atom. The number of piperidine rings is 1. The van der Waals surface area contributed by atoms with Crippen LogP contribution >= 0.6 is 0 Å². The molecule has 0 aliphatic carbocycles. The second-order valence-corrected chi connectivity index (χ2v) is 6.96. The monoisotopic (exact) mass is 361 g/mol. The summed E-state index contributed by atoms with van der Waals surface area (Å²) in [5.41, 5.74) is 1.15. The number of nitrogens with zero attached hydrogens (tertiary/aromatic N) is 5. The van der Waals surface area contributed by atoms with Crippen molar-refractivity contribution in [2.24, 2.45) is 5.92 Å². The van der Waals surface area contributed by atoms with E-state index >= 15 is 0 Å². The van der Waals surface area contributed by atoms with E-state index in [-0.39, 0.29) is 18.4 Å². The third kappa shape index (κ3) is 4.50. The highest BCUT2D eigenvalue weighted by Crippen LogP contribution is 2.22. The van der Waals surface area contributed by atoms with Crippen molar-refractivity contribution >= 4 is 17.6 Å². The third-order valence-electron chi connectivity index (χ3n) is 5.29. The quantitative estimate of drug-likeness (QED) is 0.812. The highest BCUT2D eigenvalue weighted by molar-refractivity contribution is 5.79. The van der Waals surface area contributed by atoms with Gasteiger partial charge in [-0.1, -0.05) is 0 Å². The minimum Gasteiger partial charge on any atom is -0.480 e. The molecule has 0 aromatic carbocycles. The van der Waals surface area contributed by atoms with Gasteiger partial charge in [0, 0.05) is 70.3 Å². The van der Waals surface area contributed by atoms with E-state index in [0.717, 1.165) is 57.8 Å². The molecule has 2 aliphatic heterocycles. The fraction of sp³-hybridized carbons (Fsp3) is 0.611. The Kier molecular flexibility index (Phi) is 6.05. The van der Waals surface area contributed by atoms with E-state index < -0.39 is 5.97 Å². The summed E-state index contributed by atoms with van der Waals surface area (Å²) in [6.07, 6.45) is 5.16. The van der Waals surface area contributed by atoms with E-state index in [0.29, 0.717) is 0 Å². The molecular weight excluding hydrogens is 334 g/mol. The fourth-order valence-electron chi connectivity index (χ4n) is 3.75. The predicted octanol–water partition coefficient (Wildman–Crippen LogP) is 0.374. The van der Waals surface area contributed by atoms with Gasteiger partial charge in [-0.2, -0.15) is 0 Å². The number of aromatic nitrogens is 1. The van der Waals surface area contributed by atoms with Crippen molar-refractivity contribution in [1.82, 2.24) is 19.9 Å². The number of aliphatic carboxylic acids is 1. The molecule has 0 radical (unpaired) electrons. The summed E-state index contributed by atoms with van der Waals surface area (Å²) in [6, 6.07) is 4.00. The number of hydrazine groups is 1. The van der Waals surface area contributed by atoms with E-state index in [1.165, 1.54) is 0 Å². The lowest BCUT2D eigenvalue weighted by Gasteiger charge is -2.40. The van der Waals surface area contributed by atoms with Crippen LogP contribution in [0.25, 0.3) is 0 Å². The van der Waals surface area contributed by atoms with E-state index in [2.05, 4.69) is 9.88 Å². The maximum absolute atomic E-state index is 12.8. The molecule has 142 valence electrons. The molecule has 1 amide bonds. The average molecular weight is 361 g/mol. The normalized spacial score (nSPS) is 19.8. The lowest BCUT2D eigenvalue weighted by molar-refractivity contribution is -0.146. The highest BCUT2D eigenvalue weighted by atomic mass is 16.4. The minimum atomic E-state index is -0.835. The number of carbonyl (C=O) groups excluding carboxylic acids is 1. The molecule has 0 spiro atoms. The number of carbonyl (C=O) groups is 2. The van der Waals surface area contributed by atoms with Gasteiger partial charge in [0.25, 0.3) is 0 Å². The van der Waals surface area contributed by atoms with Gasteiger partial charge in [-0.05, 0) is 25.0 Å². The summed E-state index contributed by atoms with van der Waals surface area (Å²) in [5, 5.41) is 12.7. The molecule has 3 rings (SSSR count). The second kappa shape index (κ2) is 8.46. The first-order chi connectivity index (χ1) is 12.5. The maximum atomic E-state index is 12.8. The van der Waals surface area contributed by atoms with Gasteiger partial charge in [0.05, 0.1) is 0 Å². The number of pyridine rings is 1. The lowest BCUT2D eigenvalue weighted by Crippen LogP contribution is -2.53. The number of likely N-dealkylation sites (N-methyl/N-ethyl adjacent to an activating group) is 1. The van der Waals surface area contributed by atoms with Crippen molar-refractivity contribution in [3.05, 3.63) is 24.5 Å². The number of rotatable bonds is 5. The van der Waals surface area contributed by atoms with Crippen molar-refractivity contribution in [2.45, 2.75) is 12.8 Å². The molecule has 1 aromatic rings. The van der Waals surface area contributed by atoms with Crippen LogP contribution in [0.15, 0.2) is 24.5 Å². The largest absolute Gasteiger partial charge is 0.480 e. The van der Waals surface area contributed by atoms with Crippen molar-refractivity contribution in [2.75, 3.05) is 57.8 Å². The SMILES string of the molecule is CN(CC(=O)O)N1CCC(C(=O)N2CCN(c3ccncc3)CC2)CC1. The summed E-state index contributed by atoms with van der Waals surface area (Å²) in [6.45, 7) is 4.65. The van der Waals surface area contributed by atoms with Gasteiger partial charge >= 0.3 is 5.97 Å². The van der Waals surface area contributed by atoms with Crippen LogP contribution in [0.3, 0.4) is 0 Å². The summed E-state index contributed by atoms with van der Waals surface area (Å²) >= 11 is 0. The number of hydrogen-bond donors (Lipinski definition) is 1. The topological polar surface area (TPSA) is 80.2 Å². The van der Waals surface area contributed by atoms with Crippen molar-refractivity contribution in [3.63, 3.8) is 0 Å². The van der Waals surface area contributed by atoms with E-state index in [1.807, 2.05) is 22.0 Å². The fourth-order valence-corrected chi connectivity index (χ4v) is 3.75. The molecule has 0 saturated carbocycles. The van der Waals surface area contributed by atoms with Crippen molar-refractivity contribution < 1.29 is 14.7 Å². The van der Waals surface area contributed by atoms with Crippen LogP contribution in [-0.2, 0) is 9.59 Å². The third-order valence-corrected chi connectivity index (χ3v) is 5.29. The lowest BCUT2D eigenvalue weighted by atomic mass is 9.95. The Hall–Kier alpha value is -2.19. The molecule has 0 unspecified atom stereocenters. The Bertz CT molecular complexity index is 611. The first-order valence-corrected chi connectivity index (χ1v) is 9.16. The number of anilines is 1. The Labute approximate surface area is 154 Å². The second-order valence-electron chi connectivity index (χ2n) is 6.96. The average Bonchev–Trinajstić information content (AvgIpc) is 2.68. The Morgan fingerprint density at radius 3 is 2.31 bits per heavy atom. The van der Waals surface area contributed by atoms with Gasteiger partial charge in [0.2, 0.25) is 5.91 Å². The van der Waals surface area contributed by atoms with Crippen LogP contribution in [0.1, 0.15) is 12.8 Å². The molecule has 3 heterocycles. The smallest absolute Gasteiger partial charge is 0.319 e. The maximum Gasteiger partial charge on any atom is 0.319 e. The standard InChI is InChI=1S/C18H27N5O3/c1-20(14-17(24)25)23-8-4-15(5-9-23)18(26)22-12-10-21(11-13-22)16-2-6-19-7-3-16/h2-3,6-7,15H,4-5,8-14H2,1H3,(H,24,25). The zero-order chi connectivity index (χ0) is 18.5. The zero-order valence-electron chi connectivity index (χ0n) is 15.3. The van der Waals surface area contributed by atoms with Crippen LogP contribution in [0.5, 0.6) is 0 Å². The number of amides is 1. The van der Waals surface area contributed by atoms with Gasteiger partial charge in [0.15, 0.2) is 0 Å². The molecule has 1 N–H and O–H groups in total. The van der Waals surface area contributed by atoms with Gasteiger partial charge in [0.1, 0.15) is 6.54 Å². The van der Waals surface area contributed by atoms with E-state index in [4.69, 9.17) is 5.11 Å². The van der Waals surface area contributed by atoms with Crippen LogP contribution < -0.4 is 4.90 Å². The molecule has 0 bridgehead atoms. The van der Waals surface area contributed by atoms with E-state index in [1.54, 1.807) is 24.5 Å². The van der Waals surface area contributed by atoms with Crippen molar-refractivity contribution in [3.8, 4) is 0 Å². The molecule has 2 aliphatic rings. The summed E-state index contributed by atoms with van der Waals surface area (Å²) in [5.74, 6) is -0.533. The molecule has 0 atom stereocenters. The van der Waals surface area contributed by atoms with Crippen LogP contribution in [0.2, 0.25) is 0 Å². The van der Waals surface area contributed by atoms with Crippen LogP contribution in [-0.4, -0.2) is 89.7 Å². The minimum absolute atomic E-state index is 0.00439. The zero-order valence-corrected chi connectivity index (χ0v) is 15.3. The Balaban J connectivity index is 1.45. The molecule has 8 heteroatoms. The Morgan fingerprint density at radius 1 is 1.12 bits per heavy atom. The van der Waals surface area contributed by atoms with Gasteiger partial charge in [-0.3, -0.25) is 14.6 Å². The predicted molar refractivity (Wildman–Crippen MR) is 97.6 cm³/mol. The first kappa shape index (κ1) is 18.6. The highest BCUT2D eigenvalue weighted by Gasteiger charge is 2.31. The number of piperazine rings is 1.